The summed E-state index contributed by atoms with van der Waals surface area (Å²) in [4.78, 5) is 4.57. The van der Waals surface area contributed by atoms with Crippen LogP contribution in [0.2, 0.25) is 5.02 Å². The quantitative estimate of drug-likeness (QED) is 0.442. The Hall–Kier alpha value is -1.84. The molecule has 1 aromatic heterocycles. The predicted molar refractivity (Wildman–Crippen MR) is 106 cm³/mol. The summed E-state index contributed by atoms with van der Waals surface area (Å²) >= 11 is 9.65. The first-order chi connectivity index (χ1) is 11.5. The van der Waals surface area contributed by atoms with Crippen LogP contribution in [0.5, 0.6) is 0 Å². The van der Waals surface area contributed by atoms with Gasteiger partial charge in [0, 0.05) is 38.3 Å². The van der Waals surface area contributed by atoms with Crippen molar-refractivity contribution in [3.63, 3.8) is 0 Å². The number of aromatic nitrogens is 1. The maximum atomic E-state index is 6.17. The molecule has 0 atom stereocenters. The van der Waals surface area contributed by atoms with Gasteiger partial charge in [0.1, 0.15) is 0 Å². The van der Waals surface area contributed by atoms with Crippen molar-refractivity contribution in [2.75, 3.05) is 0 Å². The van der Waals surface area contributed by atoms with E-state index in [4.69, 9.17) is 11.6 Å². The third-order valence-corrected chi connectivity index (χ3v) is 5.00. The fourth-order valence-corrected chi connectivity index (χ4v) is 3.15. The zero-order valence-electron chi connectivity index (χ0n) is 13.8. The van der Waals surface area contributed by atoms with Gasteiger partial charge >= 0.3 is 0 Å². The van der Waals surface area contributed by atoms with Gasteiger partial charge in [-0.2, -0.15) is 0 Å². The van der Waals surface area contributed by atoms with Gasteiger partial charge in [0.25, 0.3) is 0 Å². The largest absolute Gasteiger partial charge is 0.318 e. The van der Waals surface area contributed by atoms with Crippen LogP contribution >= 0.6 is 27.5 Å². The Morgan fingerprint density at radius 3 is 2.38 bits per heavy atom. The first-order valence-corrected chi connectivity index (χ1v) is 8.88. The number of hydrogen-bond donors (Lipinski definition) is 0. The number of nitrogens with zero attached hydrogens (tertiary/aromatic N) is 2. The van der Waals surface area contributed by atoms with Gasteiger partial charge in [-0.05, 0) is 68.8 Å². The van der Waals surface area contributed by atoms with Gasteiger partial charge in [0.05, 0.1) is 5.69 Å². The van der Waals surface area contributed by atoms with E-state index < -0.39 is 0 Å². The van der Waals surface area contributed by atoms with E-state index in [0.717, 1.165) is 37.7 Å². The van der Waals surface area contributed by atoms with Gasteiger partial charge in [-0.3, -0.25) is 4.99 Å². The van der Waals surface area contributed by atoms with Crippen LogP contribution in [0.3, 0.4) is 0 Å². The Morgan fingerprint density at radius 2 is 1.71 bits per heavy atom. The molecule has 0 saturated carbocycles. The summed E-state index contributed by atoms with van der Waals surface area (Å²) in [5.74, 6) is 0. The summed E-state index contributed by atoms with van der Waals surface area (Å²) in [5, 5.41) is 0.741. The van der Waals surface area contributed by atoms with Gasteiger partial charge in [0.15, 0.2) is 0 Å². The zero-order chi connectivity index (χ0) is 17.3. The molecular formula is C20H18BrClN2. The molecule has 3 aromatic rings. The predicted octanol–water partition coefficient (Wildman–Crippen LogP) is 6.57. The van der Waals surface area contributed by atoms with E-state index in [2.05, 4.69) is 69.7 Å². The molecule has 0 radical (unpaired) electrons. The van der Waals surface area contributed by atoms with Crippen molar-refractivity contribution in [2.24, 2.45) is 4.99 Å². The monoisotopic (exact) mass is 400 g/mol. The lowest BCUT2D eigenvalue weighted by Gasteiger charge is -2.09. The van der Waals surface area contributed by atoms with Crippen LogP contribution in [0.25, 0.3) is 5.69 Å². The molecule has 0 saturated heterocycles. The van der Waals surface area contributed by atoms with E-state index in [1.807, 2.05) is 31.3 Å². The fourth-order valence-electron chi connectivity index (χ4n) is 2.71. The lowest BCUT2D eigenvalue weighted by molar-refractivity contribution is 0.964. The zero-order valence-corrected chi connectivity index (χ0v) is 16.2. The van der Waals surface area contributed by atoms with Crippen LogP contribution in [-0.2, 0) is 0 Å². The molecule has 4 heteroatoms. The Balaban J connectivity index is 1.95. The molecule has 0 N–H and O–H groups in total. The Labute approximate surface area is 155 Å². The summed E-state index contributed by atoms with van der Waals surface area (Å²) in [6.07, 6.45) is 1.90. The number of hydrogen-bond acceptors (Lipinski definition) is 1. The van der Waals surface area contributed by atoms with Gasteiger partial charge in [-0.25, -0.2) is 0 Å². The molecule has 0 aliphatic heterocycles. The van der Waals surface area contributed by atoms with Crippen molar-refractivity contribution < 1.29 is 0 Å². The van der Waals surface area contributed by atoms with Crippen molar-refractivity contribution in [1.82, 2.24) is 4.57 Å². The molecule has 0 aliphatic carbocycles. The topological polar surface area (TPSA) is 17.3 Å². The van der Waals surface area contributed by atoms with E-state index in [1.54, 1.807) is 0 Å². The number of halogens is 2. The number of aryl methyl sites for hydroxylation is 2. The lowest BCUT2D eigenvalue weighted by atomic mass is 10.2. The van der Waals surface area contributed by atoms with Crippen LogP contribution in [0, 0.1) is 20.8 Å². The number of aliphatic imine (C=N–C) groups is 1. The molecule has 1 heterocycles. The SMILES string of the molecule is Cc1ccc(N=Cc2cc(C)n(-c3ccc(Br)cc3)c2C)cc1Cl. The van der Waals surface area contributed by atoms with Crippen molar-refractivity contribution in [2.45, 2.75) is 20.8 Å². The second-order valence-electron chi connectivity index (χ2n) is 5.83. The minimum atomic E-state index is 0.741. The standard InChI is InChI=1S/C20H18BrClN2/c1-13-4-7-18(11-20(13)22)23-12-16-10-14(2)24(15(16)3)19-8-5-17(21)6-9-19/h4-12H,1-3H3. The van der Waals surface area contributed by atoms with Crippen LogP contribution in [0.1, 0.15) is 22.5 Å². The summed E-state index contributed by atoms with van der Waals surface area (Å²) in [6, 6.07) is 16.3. The molecule has 0 aliphatic rings. The highest BCUT2D eigenvalue weighted by molar-refractivity contribution is 9.10. The molecule has 2 aromatic carbocycles. The molecule has 0 fully saturated rings. The van der Waals surface area contributed by atoms with Crippen molar-refractivity contribution in [1.29, 1.82) is 0 Å². The number of benzene rings is 2. The Bertz CT molecular complexity index is 908. The average molecular weight is 402 g/mol. The first kappa shape index (κ1) is 17.0. The molecule has 0 bridgehead atoms. The molecule has 122 valence electrons. The average Bonchev–Trinajstić information content (AvgIpc) is 2.84. The lowest BCUT2D eigenvalue weighted by Crippen LogP contribution is -1.99. The van der Waals surface area contributed by atoms with Gasteiger partial charge in [-0.15, -0.1) is 0 Å². The van der Waals surface area contributed by atoms with E-state index in [-0.39, 0.29) is 0 Å². The van der Waals surface area contributed by atoms with Crippen LogP contribution < -0.4 is 0 Å². The van der Waals surface area contributed by atoms with Gasteiger partial charge < -0.3 is 4.57 Å². The van der Waals surface area contributed by atoms with E-state index in [0.29, 0.717) is 0 Å². The first-order valence-electron chi connectivity index (χ1n) is 7.71. The third-order valence-electron chi connectivity index (χ3n) is 4.06. The highest BCUT2D eigenvalue weighted by Crippen LogP contribution is 2.24. The molecular weight excluding hydrogens is 384 g/mol. The van der Waals surface area contributed by atoms with Crippen molar-refractivity contribution in [3.05, 3.63) is 80.5 Å². The van der Waals surface area contributed by atoms with E-state index >= 15 is 0 Å². The van der Waals surface area contributed by atoms with Crippen molar-refractivity contribution in [3.8, 4) is 5.69 Å². The molecule has 0 amide bonds. The molecule has 0 unspecified atom stereocenters. The van der Waals surface area contributed by atoms with Gasteiger partial charge in [0.2, 0.25) is 0 Å². The number of rotatable bonds is 3. The second-order valence-corrected chi connectivity index (χ2v) is 7.15. The summed E-state index contributed by atoms with van der Waals surface area (Å²) in [6.45, 7) is 6.20. The minimum Gasteiger partial charge on any atom is -0.318 e. The smallest absolute Gasteiger partial charge is 0.0644 e. The molecule has 3 rings (SSSR count). The van der Waals surface area contributed by atoms with E-state index in [1.165, 1.54) is 5.69 Å². The highest BCUT2D eigenvalue weighted by atomic mass is 79.9. The van der Waals surface area contributed by atoms with Crippen molar-refractivity contribution >= 4 is 39.4 Å². The molecule has 24 heavy (non-hydrogen) atoms. The summed E-state index contributed by atoms with van der Waals surface area (Å²) < 4.78 is 3.31. The second kappa shape index (κ2) is 6.96. The summed E-state index contributed by atoms with van der Waals surface area (Å²) in [7, 11) is 0. The van der Waals surface area contributed by atoms with Crippen LogP contribution in [0.15, 0.2) is 58.0 Å². The van der Waals surface area contributed by atoms with Crippen LogP contribution in [-0.4, -0.2) is 10.8 Å². The normalized spacial score (nSPS) is 11.4. The third kappa shape index (κ3) is 3.47. The maximum absolute atomic E-state index is 6.17. The fraction of sp³-hybridized carbons (Fsp3) is 0.150. The highest BCUT2D eigenvalue weighted by Gasteiger charge is 2.09. The summed E-state index contributed by atoms with van der Waals surface area (Å²) in [5.41, 5.74) is 6.51. The van der Waals surface area contributed by atoms with E-state index in [9.17, 15) is 0 Å². The van der Waals surface area contributed by atoms with Gasteiger partial charge in [-0.1, -0.05) is 33.6 Å². The Morgan fingerprint density at radius 1 is 1.00 bits per heavy atom. The Kier molecular flexibility index (Phi) is 4.93. The molecule has 2 nitrogen and oxygen atoms in total. The van der Waals surface area contributed by atoms with Crippen LogP contribution in [0.4, 0.5) is 5.69 Å². The minimum absolute atomic E-state index is 0.741. The molecule has 0 spiro atoms. The maximum Gasteiger partial charge on any atom is 0.0644 e.